The summed E-state index contributed by atoms with van der Waals surface area (Å²) in [6.45, 7) is 6.63. The number of nitrogens with one attached hydrogen (secondary N) is 1. The third-order valence-corrected chi connectivity index (χ3v) is 9.19. The molecule has 1 fully saturated rings. The van der Waals surface area contributed by atoms with E-state index >= 15 is 0 Å². The molecule has 160 valence electrons. The molecular weight excluding hydrogens is 395 g/mol. The van der Waals surface area contributed by atoms with Crippen molar-refractivity contribution in [1.29, 1.82) is 0 Å². The van der Waals surface area contributed by atoms with E-state index in [-0.39, 0.29) is 18.1 Å². The van der Waals surface area contributed by atoms with Gasteiger partial charge in [0.05, 0.1) is 11.8 Å². The van der Waals surface area contributed by atoms with Crippen molar-refractivity contribution < 1.29 is 14.2 Å². The van der Waals surface area contributed by atoms with Gasteiger partial charge in [-0.25, -0.2) is 4.68 Å². The van der Waals surface area contributed by atoms with Crippen LogP contribution in [0.1, 0.15) is 84.9 Å². The van der Waals surface area contributed by atoms with Gasteiger partial charge in [-0.3, -0.25) is 4.79 Å². The summed E-state index contributed by atoms with van der Waals surface area (Å²) in [6, 6.07) is 0.454. The largest absolute Gasteiger partial charge is 0.800 e. The highest BCUT2D eigenvalue weighted by Crippen LogP contribution is 2.53. The van der Waals surface area contributed by atoms with E-state index in [0.29, 0.717) is 12.5 Å². The second-order valence-corrected chi connectivity index (χ2v) is 12.9. The van der Waals surface area contributed by atoms with Crippen LogP contribution < -0.4 is 10.2 Å². The monoisotopic (exact) mass is 429 g/mol. The number of hydrogen-bond acceptors (Lipinski definition) is 6. The number of hydrogen-bond donors (Lipinski definition) is 1. The Morgan fingerprint density at radius 1 is 1.39 bits per heavy atom. The molecule has 1 amide bonds. The molecule has 1 unspecified atom stereocenters. The molecule has 0 radical (unpaired) electrons. The second-order valence-electron chi connectivity index (χ2n) is 8.95. The standard InChI is InChI=1S/C19H35N4O3PS/c1-14(2)23-13-16(21-22-23)7-6-8-18(24)20-15-9-11-17(12-10-15)26-27(25,28)19(3,4)5/h13-15,17H,6-12H2,1-5H3,(H,20,24)(H,25,28)/p-1. The molecule has 1 aliphatic rings. The number of carbonyl (C=O) groups is 1. The van der Waals surface area contributed by atoms with Crippen LogP contribution in [0.15, 0.2) is 6.20 Å². The normalized spacial score (nSPS) is 22.8. The summed E-state index contributed by atoms with van der Waals surface area (Å²) in [5.74, 6) is 0.0734. The average Bonchev–Trinajstić information content (AvgIpc) is 3.04. The zero-order valence-corrected chi connectivity index (χ0v) is 19.4. The van der Waals surface area contributed by atoms with E-state index < -0.39 is 11.6 Å². The van der Waals surface area contributed by atoms with Gasteiger partial charge in [0.25, 0.3) is 0 Å². The van der Waals surface area contributed by atoms with Gasteiger partial charge >= 0.3 is 0 Å². The Hall–Kier alpha value is -0.820. The second kappa shape index (κ2) is 9.79. The van der Waals surface area contributed by atoms with Gasteiger partial charge in [-0.05, 0) is 58.9 Å². The smallest absolute Gasteiger partial charge is 0.220 e. The first kappa shape index (κ1) is 23.5. The van der Waals surface area contributed by atoms with Gasteiger partial charge in [0.2, 0.25) is 5.91 Å². The molecule has 1 heterocycles. The fourth-order valence-electron chi connectivity index (χ4n) is 3.08. The minimum Gasteiger partial charge on any atom is -0.800 e. The number of amides is 1. The van der Waals surface area contributed by atoms with Crippen molar-refractivity contribution in [3.8, 4) is 0 Å². The lowest BCUT2D eigenvalue weighted by Crippen LogP contribution is -2.39. The third kappa shape index (κ3) is 6.90. The fraction of sp³-hybridized carbons (Fsp3) is 0.842. The lowest BCUT2D eigenvalue weighted by molar-refractivity contribution is -0.192. The van der Waals surface area contributed by atoms with E-state index in [1.54, 1.807) is 0 Å². The van der Waals surface area contributed by atoms with E-state index in [1.165, 1.54) is 0 Å². The van der Waals surface area contributed by atoms with Gasteiger partial charge in [0, 0.05) is 29.9 Å². The maximum absolute atomic E-state index is 12.5. The Labute approximate surface area is 173 Å². The molecule has 0 bridgehead atoms. The first-order chi connectivity index (χ1) is 13.0. The maximum Gasteiger partial charge on any atom is 0.220 e. The molecule has 1 N–H and O–H groups in total. The minimum absolute atomic E-state index is 0.0701. The van der Waals surface area contributed by atoms with Crippen molar-refractivity contribution in [3.05, 3.63) is 11.9 Å². The summed E-state index contributed by atoms with van der Waals surface area (Å²) in [5, 5.41) is 10.8. The Bertz CT molecular complexity index is 694. The molecule has 7 nitrogen and oxygen atoms in total. The van der Waals surface area contributed by atoms with Crippen molar-refractivity contribution in [2.75, 3.05) is 0 Å². The lowest BCUT2D eigenvalue weighted by Gasteiger charge is -2.44. The Balaban J connectivity index is 1.67. The Kier molecular flexibility index (Phi) is 8.20. The van der Waals surface area contributed by atoms with E-state index in [9.17, 15) is 9.69 Å². The first-order valence-corrected chi connectivity index (χ1v) is 12.8. The highest BCUT2D eigenvalue weighted by atomic mass is 32.5. The van der Waals surface area contributed by atoms with Crippen LogP contribution >= 0.6 is 6.49 Å². The van der Waals surface area contributed by atoms with Gasteiger partial charge in [-0.15, -0.1) is 5.10 Å². The third-order valence-electron chi connectivity index (χ3n) is 5.07. The number of carbonyl (C=O) groups excluding carboxylic acids is 1. The van der Waals surface area contributed by atoms with Crippen LogP contribution in [0.5, 0.6) is 0 Å². The number of nitrogens with zero attached hydrogens (tertiary/aromatic N) is 3. The van der Waals surface area contributed by atoms with Gasteiger partial charge in [-0.2, -0.15) is 0 Å². The molecule has 1 aromatic rings. The van der Waals surface area contributed by atoms with E-state index in [2.05, 4.69) is 29.5 Å². The van der Waals surface area contributed by atoms with E-state index in [0.717, 1.165) is 44.2 Å². The topological polar surface area (TPSA) is 92.1 Å². The SMILES string of the molecule is CC(C)n1cc(CCCC(=O)NC2CCC(OP([O-])(=S)C(C)(C)C)CC2)nn1. The van der Waals surface area contributed by atoms with Crippen LogP contribution in [0.2, 0.25) is 0 Å². The number of aromatic nitrogens is 3. The molecule has 28 heavy (non-hydrogen) atoms. The fourth-order valence-corrected chi connectivity index (χ4v) is 4.36. The summed E-state index contributed by atoms with van der Waals surface area (Å²) < 4.78 is 7.60. The average molecular weight is 430 g/mol. The predicted molar refractivity (Wildman–Crippen MR) is 113 cm³/mol. The molecule has 9 heteroatoms. The summed E-state index contributed by atoms with van der Waals surface area (Å²) in [7, 11) is 0. The van der Waals surface area contributed by atoms with Crippen molar-refractivity contribution >= 4 is 24.2 Å². The molecule has 1 aliphatic carbocycles. The maximum atomic E-state index is 12.5. The molecule has 0 spiro atoms. The van der Waals surface area contributed by atoms with Crippen LogP contribution in [-0.2, 0) is 27.5 Å². The highest BCUT2D eigenvalue weighted by molar-refractivity contribution is 8.09. The van der Waals surface area contributed by atoms with Gasteiger partial charge in [0.15, 0.2) is 0 Å². The molecule has 1 atom stereocenters. The van der Waals surface area contributed by atoms with Crippen molar-refractivity contribution in [3.63, 3.8) is 0 Å². The number of rotatable bonds is 8. The van der Waals surface area contributed by atoms with Gasteiger partial charge in [0.1, 0.15) is 0 Å². The Morgan fingerprint density at radius 2 is 2.04 bits per heavy atom. The summed E-state index contributed by atoms with van der Waals surface area (Å²) in [4.78, 5) is 24.8. The lowest BCUT2D eigenvalue weighted by atomic mass is 9.93. The summed E-state index contributed by atoms with van der Waals surface area (Å²) in [6.07, 6.45) is 7.08. The quantitative estimate of drug-likeness (QED) is 0.639. The van der Waals surface area contributed by atoms with Crippen molar-refractivity contribution in [2.24, 2.45) is 0 Å². The predicted octanol–water partition coefficient (Wildman–Crippen LogP) is 3.09. The zero-order chi connectivity index (χ0) is 20.9. The van der Waals surface area contributed by atoms with Crippen LogP contribution in [0, 0.1) is 0 Å². The minimum atomic E-state index is -3.06. The Morgan fingerprint density at radius 3 is 2.57 bits per heavy atom. The van der Waals surface area contributed by atoms with Gasteiger partial charge in [-0.1, -0.05) is 37.8 Å². The molecule has 0 saturated heterocycles. The van der Waals surface area contributed by atoms with Crippen LogP contribution in [0.3, 0.4) is 0 Å². The van der Waals surface area contributed by atoms with Crippen molar-refractivity contribution in [2.45, 2.75) is 103 Å². The molecule has 2 rings (SSSR count). The van der Waals surface area contributed by atoms with Gasteiger partial charge < -0.3 is 14.7 Å². The van der Waals surface area contributed by atoms with Crippen LogP contribution in [0.4, 0.5) is 0 Å². The van der Waals surface area contributed by atoms with E-state index in [4.69, 9.17) is 16.3 Å². The van der Waals surface area contributed by atoms with Crippen LogP contribution in [0.25, 0.3) is 0 Å². The number of aryl methyl sites for hydroxylation is 1. The molecule has 0 aliphatic heterocycles. The van der Waals surface area contributed by atoms with Crippen molar-refractivity contribution in [1.82, 2.24) is 20.3 Å². The van der Waals surface area contributed by atoms with E-state index in [1.807, 2.05) is 31.6 Å². The molecule has 1 aromatic heterocycles. The van der Waals surface area contributed by atoms with Crippen LogP contribution in [-0.4, -0.2) is 38.2 Å². The molecule has 0 aromatic carbocycles. The zero-order valence-electron chi connectivity index (χ0n) is 17.7. The summed E-state index contributed by atoms with van der Waals surface area (Å²) in [5.41, 5.74) is 0.923. The molecular formula is C19H34N4O3PS-. The summed E-state index contributed by atoms with van der Waals surface area (Å²) >= 11 is 5.22. The molecule has 1 saturated carbocycles. The highest BCUT2D eigenvalue weighted by Gasteiger charge is 2.29. The first-order valence-electron chi connectivity index (χ1n) is 10.2.